The third kappa shape index (κ3) is 3.17. The van der Waals surface area contributed by atoms with Crippen LogP contribution in [0.5, 0.6) is 0 Å². The Balaban J connectivity index is 2.54. The van der Waals surface area contributed by atoms with Gasteiger partial charge in [0.25, 0.3) is 0 Å². The van der Waals surface area contributed by atoms with Crippen molar-refractivity contribution in [2.45, 2.75) is 26.2 Å². The highest BCUT2D eigenvalue weighted by Gasteiger charge is 2.01. The fraction of sp³-hybridized carbons (Fsp3) is 0.500. The molecular weight excluding hydrogens is 134 g/mol. The summed E-state index contributed by atoms with van der Waals surface area (Å²) in [5.41, 5.74) is 1.00. The quantitative estimate of drug-likeness (QED) is 0.502. The largest absolute Gasteiger partial charge is 0.262 e. The molecule has 1 unspecified atom stereocenters. The molecule has 0 aromatic carbocycles. The first kappa shape index (κ1) is 8.25. The van der Waals surface area contributed by atoms with Gasteiger partial charge in [-0.1, -0.05) is 19.6 Å². The van der Waals surface area contributed by atoms with Gasteiger partial charge in [-0.2, -0.15) is 0 Å². The van der Waals surface area contributed by atoms with Crippen molar-refractivity contribution < 1.29 is 0 Å². The van der Waals surface area contributed by atoms with E-state index in [9.17, 15) is 0 Å². The number of allylic oxidation sites excluding steroid dienone is 3. The molecule has 0 amide bonds. The summed E-state index contributed by atoms with van der Waals surface area (Å²) in [4.78, 5) is 4.17. The highest BCUT2D eigenvalue weighted by Crippen LogP contribution is 2.15. The van der Waals surface area contributed by atoms with Crippen molar-refractivity contribution >= 4 is 6.21 Å². The molecule has 1 rings (SSSR count). The molecule has 0 fully saturated rings. The van der Waals surface area contributed by atoms with E-state index in [-0.39, 0.29) is 0 Å². The number of rotatable bonds is 0. The van der Waals surface area contributed by atoms with Gasteiger partial charge in [0.15, 0.2) is 0 Å². The Labute approximate surface area is 68.5 Å². The Bertz CT molecular complexity index is 189. The Kier molecular flexibility index (Phi) is 3.09. The summed E-state index contributed by atoms with van der Waals surface area (Å²) in [5.74, 6) is 0.768. The number of aliphatic imine (C=N–C) groups is 1. The van der Waals surface area contributed by atoms with E-state index in [0.717, 1.165) is 18.0 Å². The second-order valence-corrected chi connectivity index (χ2v) is 3.15. The molecule has 11 heavy (non-hydrogen) atoms. The molecule has 0 N–H and O–H groups in total. The van der Waals surface area contributed by atoms with Crippen molar-refractivity contribution in [3.8, 4) is 0 Å². The van der Waals surface area contributed by atoms with Crippen LogP contribution < -0.4 is 0 Å². The third-order valence-electron chi connectivity index (χ3n) is 1.94. The smallest absolute Gasteiger partial charge is 0.0332 e. The maximum absolute atomic E-state index is 4.17. The first-order valence-electron chi connectivity index (χ1n) is 4.16. The lowest BCUT2D eigenvalue weighted by Crippen LogP contribution is -1.91. The van der Waals surface area contributed by atoms with E-state index < -0.39 is 0 Å². The Morgan fingerprint density at radius 2 is 2.45 bits per heavy atom. The molecule has 1 aliphatic heterocycles. The molecule has 0 aromatic rings. The molecular formula is C10H15N. The van der Waals surface area contributed by atoms with Gasteiger partial charge in [-0.25, -0.2) is 0 Å². The van der Waals surface area contributed by atoms with Crippen LogP contribution in [0, 0.1) is 5.92 Å². The molecule has 1 aliphatic rings. The van der Waals surface area contributed by atoms with Crippen LogP contribution in [0.2, 0.25) is 0 Å². The van der Waals surface area contributed by atoms with Crippen molar-refractivity contribution in [3.05, 3.63) is 24.4 Å². The molecule has 0 saturated carbocycles. The zero-order valence-corrected chi connectivity index (χ0v) is 7.09. The minimum atomic E-state index is 0.768. The number of hydrogen-bond acceptors (Lipinski definition) is 1. The average Bonchev–Trinajstić information content (AvgIpc) is 2.06. The van der Waals surface area contributed by atoms with Gasteiger partial charge >= 0.3 is 0 Å². The molecule has 0 aliphatic carbocycles. The fourth-order valence-electron chi connectivity index (χ4n) is 1.12. The molecule has 0 radical (unpaired) electrons. The van der Waals surface area contributed by atoms with Gasteiger partial charge < -0.3 is 0 Å². The van der Waals surface area contributed by atoms with E-state index in [1.165, 1.54) is 12.8 Å². The van der Waals surface area contributed by atoms with Gasteiger partial charge in [-0.3, -0.25) is 4.99 Å². The normalized spacial score (nSPS) is 31.7. The standard InChI is InChI=1S/C10H15N/c1-9-5-3-4-8-11-10(2)7-6-9/h3-4,8-9H,2,5-7H2,1H3/b4-3-,11-8-. The van der Waals surface area contributed by atoms with Gasteiger partial charge in [0.2, 0.25) is 0 Å². The fourth-order valence-corrected chi connectivity index (χ4v) is 1.12. The monoisotopic (exact) mass is 149 g/mol. The summed E-state index contributed by atoms with van der Waals surface area (Å²) in [6, 6.07) is 0. The van der Waals surface area contributed by atoms with Gasteiger partial charge in [0.1, 0.15) is 0 Å². The zero-order valence-electron chi connectivity index (χ0n) is 7.09. The predicted molar refractivity (Wildman–Crippen MR) is 49.8 cm³/mol. The lowest BCUT2D eigenvalue weighted by molar-refractivity contribution is 0.539. The van der Waals surface area contributed by atoms with Crippen LogP contribution in [0.1, 0.15) is 26.2 Å². The van der Waals surface area contributed by atoms with E-state index in [1.807, 2.05) is 12.3 Å². The van der Waals surface area contributed by atoms with Crippen LogP contribution in [0.25, 0.3) is 0 Å². The van der Waals surface area contributed by atoms with Crippen LogP contribution in [-0.2, 0) is 0 Å². The molecule has 1 heteroatoms. The molecule has 1 heterocycles. The van der Waals surface area contributed by atoms with Gasteiger partial charge in [-0.05, 0) is 31.3 Å². The Hall–Kier alpha value is -0.850. The summed E-state index contributed by atoms with van der Waals surface area (Å²) in [7, 11) is 0. The summed E-state index contributed by atoms with van der Waals surface area (Å²) >= 11 is 0. The van der Waals surface area contributed by atoms with Crippen molar-refractivity contribution in [1.29, 1.82) is 0 Å². The molecule has 1 atom stereocenters. The van der Waals surface area contributed by atoms with Crippen LogP contribution in [0.15, 0.2) is 29.4 Å². The zero-order chi connectivity index (χ0) is 8.10. The molecule has 0 aromatic heterocycles. The number of hydrogen-bond donors (Lipinski definition) is 0. The Morgan fingerprint density at radius 1 is 1.64 bits per heavy atom. The second-order valence-electron chi connectivity index (χ2n) is 3.15. The highest BCUT2D eigenvalue weighted by molar-refractivity contribution is 5.72. The summed E-state index contributed by atoms with van der Waals surface area (Å²) in [6.07, 6.45) is 9.43. The van der Waals surface area contributed by atoms with Crippen molar-refractivity contribution in [3.63, 3.8) is 0 Å². The maximum atomic E-state index is 4.17. The highest BCUT2D eigenvalue weighted by atomic mass is 14.7. The van der Waals surface area contributed by atoms with E-state index in [0.29, 0.717) is 0 Å². The topological polar surface area (TPSA) is 12.4 Å². The van der Waals surface area contributed by atoms with Crippen molar-refractivity contribution in [2.24, 2.45) is 10.9 Å². The minimum absolute atomic E-state index is 0.768. The van der Waals surface area contributed by atoms with E-state index in [1.54, 1.807) is 0 Å². The molecule has 0 saturated heterocycles. The van der Waals surface area contributed by atoms with Crippen molar-refractivity contribution in [2.75, 3.05) is 0 Å². The lowest BCUT2D eigenvalue weighted by atomic mass is 10.0. The Morgan fingerprint density at radius 3 is 3.27 bits per heavy atom. The molecule has 0 bridgehead atoms. The minimum Gasteiger partial charge on any atom is -0.262 e. The SMILES string of the molecule is C=C1CCC(C)C/C=C\C=N/1. The summed E-state index contributed by atoms with van der Waals surface area (Å²) in [6.45, 7) is 6.13. The number of nitrogens with zero attached hydrogens (tertiary/aromatic N) is 1. The molecule has 1 nitrogen and oxygen atoms in total. The van der Waals surface area contributed by atoms with Crippen LogP contribution >= 0.6 is 0 Å². The van der Waals surface area contributed by atoms with E-state index >= 15 is 0 Å². The van der Waals surface area contributed by atoms with Crippen LogP contribution in [0.4, 0.5) is 0 Å². The van der Waals surface area contributed by atoms with E-state index in [4.69, 9.17) is 0 Å². The van der Waals surface area contributed by atoms with Crippen LogP contribution in [-0.4, -0.2) is 6.21 Å². The first-order valence-corrected chi connectivity index (χ1v) is 4.16. The average molecular weight is 149 g/mol. The third-order valence-corrected chi connectivity index (χ3v) is 1.94. The van der Waals surface area contributed by atoms with E-state index in [2.05, 4.69) is 24.6 Å². The predicted octanol–water partition coefficient (Wildman–Crippen LogP) is 2.95. The van der Waals surface area contributed by atoms with Crippen molar-refractivity contribution in [1.82, 2.24) is 0 Å². The van der Waals surface area contributed by atoms with Gasteiger partial charge in [-0.15, -0.1) is 0 Å². The van der Waals surface area contributed by atoms with Gasteiger partial charge in [0.05, 0.1) is 0 Å². The maximum Gasteiger partial charge on any atom is 0.0332 e. The summed E-state index contributed by atoms with van der Waals surface area (Å²) < 4.78 is 0. The first-order chi connectivity index (χ1) is 5.29. The summed E-state index contributed by atoms with van der Waals surface area (Å²) in [5, 5.41) is 0. The molecule has 0 spiro atoms. The lowest BCUT2D eigenvalue weighted by Gasteiger charge is -2.06. The van der Waals surface area contributed by atoms with Gasteiger partial charge in [0, 0.05) is 11.9 Å². The molecule has 60 valence electrons. The second kappa shape index (κ2) is 4.12. The van der Waals surface area contributed by atoms with Crippen LogP contribution in [0.3, 0.4) is 0 Å².